The van der Waals surface area contributed by atoms with Crippen molar-refractivity contribution in [2.45, 2.75) is 65.3 Å². The molecule has 2 heteroatoms. The molecule has 0 aromatic rings. The quantitative estimate of drug-likeness (QED) is 0.812. The van der Waals surface area contributed by atoms with Crippen LogP contribution in [0.3, 0.4) is 0 Å². The lowest BCUT2D eigenvalue weighted by Gasteiger charge is -2.40. The van der Waals surface area contributed by atoms with Gasteiger partial charge in [-0.2, -0.15) is 0 Å². The third-order valence-electron chi connectivity index (χ3n) is 5.08. The van der Waals surface area contributed by atoms with E-state index in [1.165, 1.54) is 57.3 Å². The molecule has 2 fully saturated rings. The van der Waals surface area contributed by atoms with Crippen molar-refractivity contribution >= 4 is 0 Å². The van der Waals surface area contributed by atoms with Crippen LogP contribution in [0.1, 0.15) is 59.3 Å². The number of likely N-dealkylation sites (tertiary alicyclic amines) is 1. The molecule has 110 valence electrons. The Bertz CT molecular complexity index is 302. The number of nitrogens with one attached hydrogen (secondary N) is 1. The maximum Gasteiger partial charge on any atom is 0.0352 e. The highest BCUT2D eigenvalue weighted by Crippen LogP contribution is 2.30. The Labute approximate surface area is 119 Å². The first-order valence-electron chi connectivity index (χ1n) is 8.14. The lowest BCUT2D eigenvalue weighted by Crippen LogP contribution is -2.43. The molecule has 1 N–H and O–H groups in total. The van der Waals surface area contributed by atoms with E-state index in [0.717, 1.165) is 12.5 Å². The molecule has 1 aliphatic heterocycles. The van der Waals surface area contributed by atoms with E-state index in [9.17, 15) is 0 Å². The normalized spacial score (nSPS) is 25.5. The van der Waals surface area contributed by atoms with Gasteiger partial charge in [0, 0.05) is 31.4 Å². The third kappa shape index (κ3) is 4.24. The molecule has 0 aromatic heterocycles. The number of piperidine rings is 1. The minimum absolute atomic E-state index is 0.457. The molecule has 2 rings (SSSR count). The van der Waals surface area contributed by atoms with Crippen LogP contribution < -0.4 is 5.32 Å². The van der Waals surface area contributed by atoms with Crippen LogP contribution in [-0.2, 0) is 0 Å². The molecule has 1 atom stereocenters. The van der Waals surface area contributed by atoms with Crippen LogP contribution in [0.25, 0.3) is 0 Å². The van der Waals surface area contributed by atoms with Crippen LogP contribution in [0, 0.1) is 11.3 Å². The van der Waals surface area contributed by atoms with E-state index in [1.807, 2.05) is 0 Å². The molecule has 19 heavy (non-hydrogen) atoms. The van der Waals surface area contributed by atoms with Gasteiger partial charge in [-0.25, -0.2) is 0 Å². The summed E-state index contributed by atoms with van der Waals surface area (Å²) in [5.41, 5.74) is 1.75. The first-order chi connectivity index (χ1) is 8.98. The van der Waals surface area contributed by atoms with Crippen molar-refractivity contribution in [2.75, 3.05) is 19.6 Å². The van der Waals surface area contributed by atoms with Gasteiger partial charge >= 0.3 is 0 Å². The summed E-state index contributed by atoms with van der Waals surface area (Å²) in [6.45, 7) is 14.7. The van der Waals surface area contributed by atoms with Gasteiger partial charge < -0.3 is 10.2 Å². The number of nitrogens with zero attached hydrogens (tertiary/aromatic N) is 1. The average molecular weight is 264 g/mol. The molecule has 1 unspecified atom stereocenters. The van der Waals surface area contributed by atoms with Crippen molar-refractivity contribution in [2.24, 2.45) is 11.3 Å². The molecule has 0 bridgehead atoms. The molecule has 1 saturated carbocycles. The van der Waals surface area contributed by atoms with E-state index in [2.05, 4.69) is 37.6 Å². The second-order valence-corrected chi connectivity index (χ2v) is 7.47. The van der Waals surface area contributed by atoms with E-state index in [1.54, 1.807) is 0 Å². The Balaban J connectivity index is 1.74. The largest absolute Gasteiger partial charge is 0.374 e. The minimum atomic E-state index is 0.457. The van der Waals surface area contributed by atoms with Crippen LogP contribution in [-0.4, -0.2) is 30.6 Å². The molecule has 2 aliphatic rings. The van der Waals surface area contributed by atoms with Crippen LogP contribution in [0.15, 0.2) is 12.3 Å². The summed E-state index contributed by atoms with van der Waals surface area (Å²) >= 11 is 0. The van der Waals surface area contributed by atoms with Crippen LogP contribution in [0.2, 0.25) is 0 Å². The zero-order valence-electron chi connectivity index (χ0n) is 13.2. The Morgan fingerprint density at radius 3 is 2.63 bits per heavy atom. The first kappa shape index (κ1) is 14.9. The molecule has 1 heterocycles. The van der Waals surface area contributed by atoms with Gasteiger partial charge in [-0.05, 0) is 43.9 Å². The van der Waals surface area contributed by atoms with Crippen molar-refractivity contribution in [3.05, 3.63) is 12.3 Å². The summed E-state index contributed by atoms with van der Waals surface area (Å²) in [5.74, 6) is 0.894. The van der Waals surface area contributed by atoms with E-state index in [4.69, 9.17) is 0 Å². The fourth-order valence-electron chi connectivity index (χ4n) is 3.71. The van der Waals surface area contributed by atoms with E-state index >= 15 is 0 Å². The van der Waals surface area contributed by atoms with Crippen LogP contribution in [0.5, 0.6) is 0 Å². The Morgan fingerprint density at radius 1 is 1.32 bits per heavy atom. The number of hydrogen-bond acceptors (Lipinski definition) is 2. The second kappa shape index (κ2) is 6.30. The highest BCUT2D eigenvalue weighted by Gasteiger charge is 2.27. The smallest absolute Gasteiger partial charge is 0.0352 e. The van der Waals surface area contributed by atoms with E-state index < -0.39 is 0 Å². The molecular formula is C17H32N2. The van der Waals surface area contributed by atoms with Gasteiger partial charge in [0.05, 0.1) is 0 Å². The van der Waals surface area contributed by atoms with Crippen LogP contribution >= 0.6 is 0 Å². The summed E-state index contributed by atoms with van der Waals surface area (Å²) in [7, 11) is 0. The lowest BCUT2D eigenvalue weighted by atomic mass is 9.84. The van der Waals surface area contributed by atoms with Gasteiger partial charge in [-0.1, -0.05) is 33.3 Å². The van der Waals surface area contributed by atoms with E-state index in [-0.39, 0.29) is 0 Å². The predicted molar refractivity (Wildman–Crippen MR) is 83.2 cm³/mol. The molecule has 0 aromatic carbocycles. The van der Waals surface area contributed by atoms with Crippen molar-refractivity contribution in [3.8, 4) is 0 Å². The number of hydrogen-bond donors (Lipinski definition) is 1. The first-order valence-corrected chi connectivity index (χ1v) is 8.14. The number of rotatable bonds is 5. The molecule has 1 aliphatic carbocycles. The zero-order valence-corrected chi connectivity index (χ0v) is 13.2. The zero-order chi connectivity index (χ0) is 13.9. The van der Waals surface area contributed by atoms with Crippen molar-refractivity contribution in [1.29, 1.82) is 0 Å². The van der Waals surface area contributed by atoms with Gasteiger partial charge in [0.25, 0.3) is 0 Å². The fraction of sp³-hybridized carbons (Fsp3) is 0.882. The highest BCUT2D eigenvalue weighted by atomic mass is 15.2. The van der Waals surface area contributed by atoms with Gasteiger partial charge in [-0.3, -0.25) is 0 Å². The average Bonchev–Trinajstić information content (AvgIpc) is 2.88. The van der Waals surface area contributed by atoms with Gasteiger partial charge in [0.1, 0.15) is 0 Å². The lowest BCUT2D eigenvalue weighted by molar-refractivity contribution is 0.146. The van der Waals surface area contributed by atoms with Crippen LogP contribution in [0.4, 0.5) is 0 Å². The highest BCUT2D eigenvalue weighted by molar-refractivity contribution is 5.00. The Hall–Kier alpha value is -0.500. The summed E-state index contributed by atoms with van der Waals surface area (Å²) in [6.07, 6.45) is 8.34. The van der Waals surface area contributed by atoms with Gasteiger partial charge in [-0.15, -0.1) is 0 Å². The Kier molecular flexibility index (Phi) is 4.94. The van der Waals surface area contributed by atoms with Gasteiger partial charge in [0.15, 0.2) is 0 Å². The molecular weight excluding hydrogens is 232 g/mol. The topological polar surface area (TPSA) is 15.3 Å². The summed E-state index contributed by atoms with van der Waals surface area (Å²) < 4.78 is 0. The van der Waals surface area contributed by atoms with Gasteiger partial charge in [0.2, 0.25) is 0 Å². The molecule has 1 saturated heterocycles. The summed E-state index contributed by atoms with van der Waals surface area (Å²) in [6, 6.07) is 0.650. The monoisotopic (exact) mass is 264 g/mol. The van der Waals surface area contributed by atoms with Crippen molar-refractivity contribution in [3.63, 3.8) is 0 Å². The third-order valence-corrected chi connectivity index (χ3v) is 5.08. The fourth-order valence-corrected chi connectivity index (χ4v) is 3.71. The molecule has 0 radical (unpaired) electrons. The Morgan fingerprint density at radius 2 is 2.00 bits per heavy atom. The predicted octanol–water partition coefficient (Wildman–Crippen LogP) is 3.79. The summed E-state index contributed by atoms with van der Waals surface area (Å²) in [5, 5.41) is 3.71. The minimum Gasteiger partial charge on any atom is -0.374 e. The maximum absolute atomic E-state index is 4.31. The molecule has 0 amide bonds. The SMILES string of the molecule is C=C(CNC(C)C1CCCC1)N1CCCC(C)(C)C1. The standard InChI is InChI=1S/C17H32N2/c1-14(19-11-7-10-17(3,4)13-19)12-18-15(2)16-8-5-6-9-16/h15-16,18H,1,5-13H2,2-4H3. The second-order valence-electron chi connectivity index (χ2n) is 7.47. The molecule has 0 spiro atoms. The maximum atomic E-state index is 4.31. The molecule has 2 nitrogen and oxygen atoms in total. The van der Waals surface area contributed by atoms with E-state index in [0.29, 0.717) is 11.5 Å². The van der Waals surface area contributed by atoms with Crippen molar-refractivity contribution < 1.29 is 0 Å². The van der Waals surface area contributed by atoms with Crippen molar-refractivity contribution in [1.82, 2.24) is 10.2 Å². The summed E-state index contributed by atoms with van der Waals surface area (Å²) in [4.78, 5) is 2.50.